The summed E-state index contributed by atoms with van der Waals surface area (Å²) in [4.78, 5) is 11.7. The Morgan fingerprint density at radius 3 is 2.12 bits per heavy atom. The summed E-state index contributed by atoms with van der Waals surface area (Å²) in [5.74, 6) is -0.493. The van der Waals surface area contributed by atoms with E-state index in [2.05, 4.69) is 0 Å². The number of nitrogens with zero attached hydrogens (tertiary/aromatic N) is 1. The van der Waals surface area contributed by atoms with E-state index < -0.39 is 14.8 Å². The number of carbonyl (C=O) groups excluding carboxylic acids is 1. The van der Waals surface area contributed by atoms with Gasteiger partial charge >= 0.3 is 5.97 Å². The van der Waals surface area contributed by atoms with Gasteiger partial charge in [0.15, 0.2) is 0 Å². The van der Waals surface area contributed by atoms with Crippen LogP contribution in [-0.2, 0) is 18.8 Å². The Bertz CT molecular complexity index is 380. The van der Waals surface area contributed by atoms with Gasteiger partial charge in [0.25, 0.3) is 9.24 Å². The van der Waals surface area contributed by atoms with Gasteiger partial charge in [-0.05, 0) is 33.6 Å². The molecule has 0 saturated carbocycles. The van der Waals surface area contributed by atoms with Crippen molar-refractivity contribution < 1.29 is 17.9 Å². The third-order valence-corrected chi connectivity index (χ3v) is 4.07. The molecule has 7 heteroatoms. The molecule has 1 fully saturated rings. The Labute approximate surface area is 107 Å². The van der Waals surface area contributed by atoms with Crippen molar-refractivity contribution in [1.82, 2.24) is 4.31 Å². The fourth-order valence-corrected chi connectivity index (χ4v) is 2.76. The van der Waals surface area contributed by atoms with Crippen molar-refractivity contribution in [1.29, 1.82) is 0 Å². The van der Waals surface area contributed by atoms with Crippen LogP contribution >= 0.6 is 10.7 Å². The highest BCUT2D eigenvalue weighted by atomic mass is 35.7. The molecular weight excluding hydrogens is 266 g/mol. The van der Waals surface area contributed by atoms with E-state index in [0.29, 0.717) is 12.8 Å². The minimum atomic E-state index is -3.66. The smallest absolute Gasteiger partial charge is 0.309 e. The standard InChI is InChI=1S/C10H18ClNO4S/c1-10(2,3)16-9(13)8-4-6-12(7-5-8)17(11,14)15/h8H,4-7H2,1-3H3. The molecule has 0 aromatic heterocycles. The van der Waals surface area contributed by atoms with Gasteiger partial charge in [-0.25, -0.2) is 0 Å². The fourth-order valence-electron chi connectivity index (χ4n) is 1.69. The molecule has 1 heterocycles. The average Bonchev–Trinajstić information content (AvgIpc) is 2.14. The maximum Gasteiger partial charge on any atom is 0.309 e. The van der Waals surface area contributed by atoms with E-state index in [1.807, 2.05) is 20.8 Å². The highest BCUT2D eigenvalue weighted by Crippen LogP contribution is 2.23. The third-order valence-electron chi connectivity index (χ3n) is 2.50. The number of carbonyl (C=O) groups is 1. The minimum absolute atomic E-state index is 0.233. The van der Waals surface area contributed by atoms with Crippen LogP contribution in [0.15, 0.2) is 0 Å². The molecule has 0 aliphatic carbocycles. The zero-order valence-electron chi connectivity index (χ0n) is 10.3. The average molecular weight is 284 g/mol. The highest BCUT2D eigenvalue weighted by Gasteiger charge is 2.32. The summed E-state index contributed by atoms with van der Waals surface area (Å²) in [5.41, 5.74) is -0.507. The van der Waals surface area contributed by atoms with Crippen LogP contribution in [0.5, 0.6) is 0 Å². The lowest BCUT2D eigenvalue weighted by molar-refractivity contribution is -0.161. The van der Waals surface area contributed by atoms with Crippen molar-refractivity contribution in [3.05, 3.63) is 0 Å². The zero-order valence-corrected chi connectivity index (χ0v) is 11.8. The predicted molar refractivity (Wildman–Crippen MR) is 64.9 cm³/mol. The normalized spacial score (nSPS) is 20.2. The zero-order chi connectivity index (χ0) is 13.3. The molecule has 0 spiro atoms. The Morgan fingerprint density at radius 1 is 1.29 bits per heavy atom. The largest absolute Gasteiger partial charge is 0.460 e. The number of hydrogen-bond acceptors (Lipinski definition) is 4. The molecule has 0 radical (unpaired) electrons. The van der Waals surface area contributed by atoms with E-state index in [1.165, 1.54) is 4.31 Å². The lowest BCUT2D eigenvalue weighted by Crippen LogP contribution is -2.40. The summed E-state index contributed by atoms with van der Waals surface area (Å²) in [7, 11) is 1.57. The number of ether oxygens (including phenoxy) is 1. The first-order valence-electron chi connectivity index (χ1n) is 5.52. The molecular formula is C10H18ClNO4S. The van der Waals surface area contributed by atoms with E-state index in [4.69, 9.17) is 15.4 Å². The van der Waals surface area contributed by atoms with Crippen LogP contribution in [0.4, 0.5) is 0 Å². The second kappa shape index (κ2) is 5.12. The molecule has 17 heavy (non-hydrogen) atoms. The molecule has 0 amide bonds. The molecule has 1 aliphatic rings. The summed E-state index contributed by atoms with van der Waals surface area (Å²) in [6.45, 7) is 5.97. The minimum Gasteiger partial charge on any atom is -0.460 e. The van der Waals surface area contributed by atoms with Gasteiger partial charge < -0.3 is 4.74 Å². The first-order valence-corrected chi connectivity index (χ1v) is 7.79. The lowest BCUT2D eigenvalue weighted by atomic mass is 9.98. The van der Waals surface area contributed by atoms with Crippen LogP contribution in [0.3, 0.4) is 0 Å². The third kappa shape index (κ3) is 4.81. The second-order valence-electron chi connectivity index (χ2n) is 5.15. The van der Waals surface area contributed by atoms with Crippen LogP contribution < -0.4 is 0 Å². The summed E-state index contributed by atoms with van der Waals surface area (Å²) in [6, 6.07) is 0. The van der Waals surface area contributed by atoms with Crippen LogP contribution in [0.1, 0.15) is 33.6 Å². The number of hydrogen-bond donors (Lipinski definition) is 0. The number of halogens is 1. The number of piperidine rings is 1. The Balaban J connectivity index is 2.50. The molecule has 0 aromatic rings. The van der Waals surface area contributed by atoms with Gasteiger partial charge in [0, 0.05) is 23.8 Å². The van der Waals surface area contributed by atoms with E-state index >= 15 is 0 Å². The Kier molecular flexibility index (Phi) is 4.43. The van der Waals surface area contributed by atoms with Crippen molar-refractivity contribution in [3.8, 4) is 0 Å². The topological polar surface area (TPSA) is 63.7 Å². The van der Waals surface area contributed by atoms with Gasteiger partial charge in [0.2, 0.25) is 0 Å². The second-order valence-corrected chi connectivity index (χ2v) is 7.66. The van der Waals surface area contributed by atoms with E-state index in [1.54, 1.807) is 0 Å². The molecule has 5 nitrogen and oxygen atoms in total. The van der Waals surface area contributed by atoms with Gasteiger partial charge in [0.05, 0.1) is 5.92 Å². The van der Waals surface area contributed by atoms with Crippen molar-refractivity contribution in [3.63, 3.8) is 0 Å². The highest BCUT2D eigenvalue weighted by molar-refractivity contribution is 8.11. The van der Waals surface area contributed by atoms with Crippen molar-refractivity contribution >= 4 is 25.9 Å². The molecule has 1 aliphatic heterocycles. The maximum absolute atomic E-state index is 11.7. The van der Waals surface area contributed by atoms with Gasteiger partial charge in [-0.1, -0.05) is 0 Å². The summed E-state index contributed by atoms with van der Waals surface area (Å²) in [6.07, 6.45) is 0.918. The molecule has 0 N–H and O–H groups in total. The van der Waals surface area contributed by atoms with Crippen molar-refractivity contribution in [2.24, 2.45) is 5.92 Å². The van der Waals surface area contributed by atoms with Gasteiger partial charge in [-0.3, -0.25) is 4.79 Å². The van der Waals surface area contributed by atoms with Crippen LogP contribution in [0.25, 0.3) is 0 Å². The van der Waals surface area contributed by atoms with Gasteiger partial charge in [-0.15, -0.1) is 0 Å². The summed E-state index contributed by atoms with van der Waals surface area (Å²) < 4.78 is 28.6. The molecule has 100 valence electrons. The van der Waals surface area contributed by atoms with Gasteiger partial charge in [-0.2, -0.15) is 12.7 Å². The SMILES string of the molecule is CC(C)(C)OC(=O)C1CCN(S(=O)(=O)Cl)CC1. The van der Waals surface area contributed by atoms with Crippen LogP contribution in [0, 0.1) is 5.92 Å². The predicted octanol–water partition coefficient (Wildman–Crippen LogP) is 1.52. The lowest BCUT2D eigenvalue weighted by Gasteiger charge is -2.30. The first kappa shape index (κ1) is 14.7. The molecule has 1 saturated heterocycles. The monoisotopic (exact) mass is 283 g/mol. The van der Waals surface area contributed by atoms with E-state index in [9.17, 15) is 13.2 Å². The molecule has 0 bridgehead atoms. The quantitative estimate of drug-likeness (QED) is 0.569. The van der Waals surface area contributed by atoms with Crippen molar-refractivity contribution in [2.45, 2.75) is 39.2 Å². The molecule has 0 atom stereocenters. The first-order chi connectivity index (χ1) is 7.59. The Hall–Kier alpha value is -0.330. The maximum atomic E-state index is 11.7. The van der Waals surface area contributed by atoms with Crippen LogP contribution in [0.2, 0.25) is 0 Å². The molecule has 1 rings (SSSR count). The van der Waals surface area contributed by atoms with Crippen LogP contribution in [-0.4, -0.2) is 37.4 Å². The summed E-state index contributed by atoms with van der Waals surface area (Å²) in [5, 5.41) is 0. The number of rotatable bonds is 2. The van der Waals surface area contributed by atoms with E-state index in [0.717, 1.165) is 0 Å². The van der Waals surface area contributed by atoms with Gasteiger partial charge in [0.1, 0.15) is 5.60 Å². The van der Waals surface area contributed by atoms with E-state index in [-0.39, 0.29) is 25.0 Å². The number of esters is 1. The fraction of sp³-hybridized carbons (Fsp3) is 0.900. The molecule has 0 unspecified atom stereocenters. The summed E-state index contributed by atoms with van der Waals surface area (Å²) >= 11 is 0. The molecule has 0 aromatic carbocycles. The Morgan fingerprint density at radius 2 is 1.76 bits per heavy atom. The van der Waals surface area contributed by atoms with Crippen molar-refractivity contribution in [2.75, 3.05) is 13.1 Å².